The van der Waals surface area contributed by atoms with E-state index in [1.807, 2.05) is 6.92 Å². The summed E-state index contributed by atoms with van der Waals surface area (Å²) in [5.41, 5.74) is 0.365. The average molecular weight is 300 g/mol. The molecular formula is C16H26F2N2O. The highest BCUT2D eigenvalue weighted by atomic mass is 19.2. The molecule has 0 heterocycles. The lowest BCUT2D eigenvalue weighted by atomic mass is 10.0. The SMILES string of the molecule is CCNC(CCN(CCO)C(C)C)c1cccc(F)c1F. The van der Waals surface area contributed by atoms with Crippen LogP contribution >= 0.6 is 0 Å². The Morgan fingerprint density at radius 2 is 1.95 bits per heavy atom. The second-order valence-corrected chi connectivity index (χ2v) is 5.40. The largest absolute Gasteiger partial charge is 0.395 e. The van der Waals surface area contributed by atoms with Crippen LogP contribution in [-0.2, 0) is 0 Å². The lowest BCUT2D eigenvalue weighted by Crippen LogP contribution is -2.36. The maximum absolute atomic E-state index is 13.9. The minimum absolute atomic E-state index is 0.0956. The highest BCUT2D eigenvalue weighted by Gasteiger charge is 2.19. The van der Waals surface area contributed by atoms with Crippen molar-refractivity contribution in [3.05, 3.63) is 35.4 Å². The molecule has 0 aliphatic rings. The van der Waals surface area contributed by atoms with Crippen molar-refractivity contribution < 1.29 is 13.9 Å². The fourth-order valence-electron chi connectivity index (χ4n) is 2.46. The van der Waals surface area contributed by atoms with Gasteiger partial charge in [-0.1, -0.05) is 19.1 Å². The summed E-state index contributed by atoms with van der Waals surface area (Å²) in [6.07, 6.45) is 0.659. The summed E-state index contributed by atoms with van der Waals surface area (Å²) in [5.74, 6) is -1.59. The Labute approximate surface area is 126 Å². The van der Waals surface area contributed by atoms with E-state index in [1.54, 1.807) is 6.07 Å². The lowest BCUT2D eigenvalue weighted by molar-refractivity contribution is 0.159. The van der Waals surface area contributed by atoms with Crippen LogP contribution in [0.3, 0.4) is 0 Å². The van der Waals surface area contributed by atoms with E-state index < -0.39 is 11.6 Å². The highest BCUT2D eigenvalue weighted by Crippen LogP contribution is 2.22. The van der Waals surface area contributed by atoms with Gasteiger partial charge in [-0.15, -0.1) is 0 Å². The number of rotatable bonds is 9. The normalized spacial score (nSPS) is 13.1. The molecule has 2 N–H and O–H groups in total. The third kappa shape index (κ3) is 5.34. The molecule has 0 aliphatic heterocycles. The van der Waals surface area contributed by atoms with E-state index in [9.17, 15) is 8.78 Å². The van der Waals surface area contributed by atoms with Crippen LogP contribution in [0.4, 0.5) is 8.78 Å². The molecule has 0 aromatic heterocycles. The Hall–Kier alpha value is -1.04. The molecule has 0 spiro atoms. The molecule has 1 atom stereocenters. The quantitative estimate of drug-likeness (QED) is 0.736. The first kappa shape index (κ1) is 18.0. The first-order valence-corrected chi connectivity index (χ1v) is 7.53. The van der Waals surface area contributed by atoms with Crippen LogP contribution in [0.2, 0.25) is 0 Å². The number of hydrogen-bond donors (Lipinski definition) is 2. The first-order chi connectivity index (χ1) is 10.0. The van der Waals surface area contributed by atoms with E-state index in [0.717, 1.165) is 6.07 Å². The lowest BCUT2D eigenvalue weighted by Gasteiger charge is -2.28. The predicted octanol–water partition coefficient (Wildman–Crippen LogP) is 2.71. The molecule has 0 saturated heterocycles. The van der Waals surface area contributed by atoms with Crippen LogP contribution in [0.1, 0.15) is 38.8 Å². The van der Waals surface area contributed by atoms with Crippen molar-refractivity contribution in [2.75, 3.05) is 26.2 Å². The van der Waals surface area contributed by atoms with Gasteiger partial charge in [0, 0.05) is 30.7 Å². The van der Waals surface area contributed by atoms with Crippen molar-refractivity contribution in [3.8, 4) is 0 Å². The van der Waals surface area contributed by atoms with Crippen LogP contribution in [-0.4, -0.2) is 42.3 Å². The molecular weight excluding hydrogens is 274 g/mol. The van der Waals surface area contributed by atoms with E-state index in [0.29, 0.717) is 37.7 Å². The smallest absolute Gasteiger partial charge is 0.163 e. The van der Waals surface area contributed by atoms with Gasteiger partial charge in [-0.05, 0) is 32.9 Å². The number of benzene rings is 1. The molecule has 0 aliphatic carbocycles. The Morgan fingerprint density at radius 3 is 2.52 bits per heavy atom. The maximum atomic E-state index is 13.9. The number of aliphatic hydroxyl groups excluding tert-OH is 1. The van der Waals surface area contributed by atoms with Crippen molar-refractivity contribution in [2.24, 2.45) is 0 Å². The van der Waals surface area contributed by atoms with Gasteiger partial charge < -0.3 is 10.4 Å². The molecule has 1 aromatic rings. The molecule has 0 amide bonds. The Morgan fingerprint density at radius 1 is 1.24 bits per heavy atom. The Bertz CT molecular complexity index is 427. The summed E-state index contributed by atoms with van der Waals surface area (Å²) in [6, 6.07) is 4.36. The molecule has 1 unspecified atom stereocenters. The monoisotopic (exact) mass is 300 g/mol. The van der Waals surface area contributed by atoms with Crippen molar-refractivity contribution in [2.45, 2.75) is 39.3 Å². The van der Waals surface area contributed by atoms with Crippen LogP contribution in [0, 0.1) is 11.6 Å². The van der Waals surface area contributed by atoms with E-state index >= 15 is 0 Å². The van der Waals surface area contributed by atoms with Gasteiger partial charge in [0.05, 0.1) is 6.61 Å². The Kier molecular flexibility index (Phi) is 7.78. The fraction of sp³-hybridized carbons (Fsp3) is 0.625. The topological polar surface area (TPSA) is 35.5 Å². The molecule has 120 valence electrons. The van der Waals surface area contributed by atoms with E-state index in [4.69, 9.17) is 5.11 Å². The molecule has 1 aromatic carbocycles. The zero-order valence-corrected chi connectivity index (χ0v) is 13.1. The van der Waals surface area contributed by atoms with E-state index in [1.165, 1.54) is 6.07 Å². The van der Waals surface area contributed by atoms with E-state index in [-0.39, 0.29) is 12.6 Å². The summed E-state index contributed by atoms with van der Waals surface area (Å²) >= 11 is 0. The molecule has 0 bridgehead atoms. The van der Waals surface area contributed by atoms with Gasteiger partial charge >= 0.3 is 0 Å². The van der Waals surface area contributed by atoms with Crippen LogP contribution in [0.15, 0.2) is 18.2 Å². The minimum atomic E-state index is -0.813. The van der Waals surface area contributed by atoms with Gasteiger partial charge in [-0.3, -0.25) is 4.90 Å². The Balaban J connectivity index is 2.80. The molecule has 0 fully saturated rings. The first-order valence-electron chi connectivity index (χ1n) is 7.53. The van der Waals surface area contributed by atoms with Gasteiger partial charge in [0.15, 0.2) is 11.6 Å². The summed E-state index contributed by atoms with van der Waals surface area (Å²) in [6.45, 7) is 8.13. The van der Waals surface area contributed by atoms with Gasteiger partial charge in [-0.25, -0.2) is 8.78 Å². The summed E-state index contributed by atoms with van der Waals surface area (Å²) in [5, 5.41) is 12.3. The zero-order chi connectivity index (χ0) is 15.8. The van der Waals surface area contributed by atoms with Crippen LogP contribution in [0.5, 0.6) is 0 Å². The van der Waals surface area contributed by atoms with Crippen LogP contribution < -0.4 is 5.32 Å². The highest BCUT2D eigenvalue weighted by molar-refractivity contribution is 5.22. The van der Waals surface area contributed by atoms with Crippen molar-refractivity contribution >= 4 is 0 Å². The maximum Gasteiger partial charge on any atom is 0.163 e. The summed E-state index contributed by atoms with van der Waals surface area (Å²) in [7, 11) is 0. The van der Waals surface area contributed by atoms with Gasteiger partial charge in [0.2, 0.25) is 0 Å². The molecule has 3 nitrogen and oxygen atoms in total. The number of hydrogen-bond acceptors (Lipinski definition) is 3. The molecule has 21 heavy (non-hydrogen) atoms. The number of aliphatic hydroxyl groups is 1. The van der Waals surface area contributed by atoms with Crippen LogP contribution in [0.25, 0.3) is 0 Å². The zero-order valence-electron chi connectivity index (χ0n) is 13.1. The van der Waals surface area contributed by atoms with Crippen molar-refractivity contribution in [1.82, 2.24) is 10.2 Å². The van der Waals surface area contributed by atoms with E-state index in [2.05, 4.69) is 24.1 Å². The number of nitrogens with zero attached hydrogens (tertiary/aromatic N) is 1. The minimum Gasteiger partial charge on any atom is -0.395 e. The summed E-state index contributed by atoms with van der Waals surface area (Å²) < 4.78 is 27.3. The summed E-state index contributed by atoms with van der Waals surface area (Å²) in [4.78, 5) is 2.13. The molecule has 5 heteroatoms. The standard InChI is InChI=1S/C16H26F2N2O/c1-4-19-15(8-9-20(10-11-21)12(2)3)13-6-5-7-14(17)16(13)18/h5-7,12,15,19,21H,4,8-11H2,1-3H3. The number of nitrogens with one attached hydrogen (secondary N) is 1. The van der Waals surface area contributed by atoms with Gasteiger partial charge in [-0.2, -0.15) is 0 Å². The predicted molar refractivity (Wildman–Crippen MR) is 81.2 cm³/mol. The average Bonchev–Trinajstić information content (AvgIpc) is 2.45. The second-order valence-electron chi connectivity index (χ2n) is 5.40. The molecule has 1 rings (SSSR count). The number of halogens is 2. The molecule has 0 saturated carbocycles. The van der Waals surface area contributed by atoms with Gasteiger partial charge in [0.25, 0.3) is 0 Å². The third-order valence-corrected chi connectivity index (χ3v) is 3.63. The second kappa shape index (κ2) is 9.07. The van der Waals surface area contributed by atoms with Gasteiger partial charge in [0.1, 0.15) is 0 Å². The third-order valence-electron chi connectivity index (χ3n) is 3.63. The fourth-order valence-corrected chi connectivity index (χ4v) is 2.46. The van der Waals surface area contributed by atoms with Crippen molar-refractivity contribution in [1.29, 1.82) is 0 Å². The molecule has 0 radical (unpaired) electrons. The van der Waals surface area contributed by atoms with Crippen molar-refractivity contribution in [3.63, 3.8) is 0 Å².